The molecule has 1 unspecified atom stereocenters. The van der Waals surface area contributed by atoms with E-state index in [9.17, 15) is 14.4 Å². The zero-order valence-electron chi connectivity index (χ0n) is 43.0. The van der Waals surface area contributed by atoms with E-state index in [1.54, 1.807) is 0 Å². The summed E-state index contributed by atoms with van der Waals surface area (Å²) in [6, 6.07) is 0. The Kier molecular flexibility index (Phi) is 51.3. The molecule has 0 aliphatic heterocycles. The van der Waals surface area contributed by atoms with Crippen molar-refractivity contribution in [3.8, 4) is 0 Å². The average molecular weight is 909 g/mol. The van der Waals surface area contributed by atoms with Gasteiger partial charge in [0.25, 0.3) is 0 Å². The van der Waals surface area contributed by atoms with Gasteiger partial charge in [0, 0.05) is 19.3 Å². The Morgan fingerprint density at radius 2 is 0.554 bits per heavy atom. The van der Waals surface area contributed by atoms with Gasteiger partial charge in [0.1, 0.15) is 13.2 Å². The van der Waals surface area contributed by atoms with E-state index in [0.717, 1.165) is 103 Å². The molecule has 0 heterocycles. The van der Waals surface area contributed by atoms with Crippen molar-refractivity contribution in [1.29, 1.82) is 0 Å². The van der Waals surface area contributed by atoms with E-state index in [4.69, 9.17) is 14.2 Å². The Balaban J connectivity index is 4.26. The Labute approximate surface area is 402 Å². The van der Waals surface area contributed by atoms with Gasteiger partial charge in [0.15, 0.2) is 6.10 Å². The molecular formula is C59H104O6. The van der Waals surface area contributed by atoms with E-state index in [2.05, 4.69) is 81.5 Å². The molecule has 0 radical (unpaired) electrons. The lowest BCUT2D eigenvalue weighted by Gasteiger charge is -2.18. The first kappa shape index (κ1) is 62.1. The lowest BCUT2D eigenvalue weighted by molar-refractivity contribution is -0.167. The molecule has 0 spiro atoms. The Bertz CT molecular complexity index is 1180. The molecule has 0 aliphatic rings. The molecule has 0 rings (SSSR count). The predicted octanol–water partition coefficient (Wildman–Crippen LogP) is 18.4. The van der Waals surface area contributed by atoms with Crippen molar-refractivity contribution in [3.63, 3.8) is 0 Å². The first-order chi connectivity index (χ1) is 32.0. The van der Waals surface area contributed by atoms with Crippen LogP contribution < -0.4 is 0 Å². The van der Waals surface area contributed by atoms with Gasteiger partial charge < -0.3 is 14.2 Å². The van der Waals surface area contributed by atoms with Crippen molar-refractivity contribution in [2.24, 2.45) is 0 Å². The molecule has 6 heteroatoms. The number of carbonyl (C=O) groups excluding carboxylic acids is 3. The molecule has 376 valence electrons. The Morgan fingerprint density at radius 1 is 0.308 bits per heavy atom. The van der Waals surface area contributed by atoms with E-state index in [0.29, 0.717) is 19.3 Å². The van der Waals surface area contributed by atoms with Gasteiger partial charge in [-0.15, -0.1) is 0 Å². The lowest BCUT2D eigenvalue weighted by Crippen LogP contribution is -2.30. The molecule has 0 fully saturated rings. The van der Waals surface area contributed by atoms with Crippen molar-refractivity contribution in [2.45, 2.75) is 284 Å². The summed E-state index contributed by atoms with van der Waals surface area (Å²) in [4.78, 5) is 37.9. The van der Waals surface area contributed by atoms with Crippen LogP contribution in [-0.4, -0.2) is 37.2 Å². The number of rotatable bonds is 50. The van der Waals surface area contributed by atoms with Crippen LogP contribution >= 0.6 is 0 Å². The van der Waals surface area contributed by atoms with Crippen LogP contribution in [0.4, 0.5) is 0 Å². The van der Waals surface area contributed by atoms with E-state index in [1.165, 1.54) is 135 Å². The van der Waals surface area contributed by atoms with Crippen LogP contribution in [0.3, 0.4) is 0 Å². The molecule has 0 bridgehead atoms. The smallest absolute Gasteiger partial charge is 0.306 e. The number of ether oxygens (including phenoxy) is 3. The molecule has 0 aromatic carbocycles. The second-order valence-corrected chi connectivity index (χ2v) is 18.5. The Hall–Kier alpha value is -2.89. The largest absolute Gasteiger partial charge is 0.462 e. The molecule has 0 aliphatic carbocycles. The zero-order chi connectivity index (χ0) is 47.2. The maximum atomic E-state index is 12.8. The number of carbonyl (C=O) groups is 3. The molecule has 0 amide bonds. The lowest BCUT2D eigenvalue weighted by atomic mass is 10.1. The quantitative estimate of drug-likeness (QED) is 0.0262. The fourth-order valence-corrected chi connectivity index (χ4v) is 7.77. The number of unbranched alkanes of at least 4 members (excludes halogenated alkanes) is 29. The summed E-state index contributed by atoms with van der Waals surface area (Å²) in [6.45, 7) is 6.58. The Morgan fingerprint density at radius 3 is 0.877 bits per heavy atom. The van der Waals surface area contributed by atoms with Gasteiger partial charge in [0.05, 0.1) is 0 Å². The van der Waals surface area contributed by atoms with Gasteiger partial charge in [-0.05, 0) is 89.9 Å². The highest BCUT2D eigenvalue weighted by Crippen LogP contribution is 2.15. The van der Waals surface area contributed by atoms with Crippen molar-refractivity contribution in [3.05, 3.63) is 60.8 Å². The summed E-state index contributed by atoms with van der Waals surface area (Å²) < 4.78 is 16.8. The van der Waals surface area contributed by atoms with Gasteiger partial charge in [-0.2, -0.15) is 0 Å². The summed E-state index contributed by atoms with van der Waals surface area (Å²) >= 11 is 0. The van der Waals surface area contributed by atoms with Crippen LogP contribution in [0.1, 0.15) is 278 Å². The highest BCUT2D eigenvalue weighted by molar-refractivity contribution is 5.71. The van der Waals surface area contributed by atoms with Crippen LogP contribution in [0.15, 0.2) is 60.8 Å². The fraction of sp³-hybridized carbons (Fsp3) is 0.780. The third-order valence-corrected chi connectivity index (χ3v) is 12.0. The van der Waals surface area contributed by atoms with Crippen molar-refractivity contribution < 1.29 is 28.6 Å². The summed E-state index contributed by atoms with van der Waals surface area (Å²) in [5.41, 5.74) is 0. The maximum absolute atomic E-state index is 12.8. The second-order valence-electron chi connectivity index (χ2n) is 18.5. The van der Waals surface area contributed by atoms with Crippen LogP contribution in [0.5, 0.6) is 0 Å². The highest BCUT2D eigenvalue weighted by Gasteiger charge is 2.19. The molecule has 0 saturated heterocycles. The second kappa shape index (κ2) is 53.7. The molecule has 0 aromatic rings. The minimum atomic E-state index is -0.781. The SMILES string of the molecule is CCCCCC/C=C\C/C=C\CCCCCCCC(=O)OC(COC(=O)CCCCCCCCCC)COC(=O)CCCCCCCCCC/C=C\C/C=C\C/C=C\CCCCCCC. The molecule has 1 atom stereocenters. The third-order valence-electron chi connectivity index (χ3n) is 12.0. The summed E-state index contributed by atoms with van der Waals surface area (Å²) in [7, 11) is 0. The summed E-state index contributed by atoms with van der Waals surface area (Å²) in [5.74, 6) is -0.900. The summed E-state index contributed by atoms with van der Waals surface area (Å²) in [6.07, 6.45) is 66.5. The average Bonchev–Trinajstić information content (AvgIpc) is 3.30. The van der Waals surface area contributed by atoms with E-state index < -0.39 is 6.10 Å². The van der Waals surface area contributed by atoms with Gasteiger partial charge >= 0.3 is 17.9 Å². The number of esters is 3. The van der Waals surface area contributed by atoms with Gasteiger partial charge in [-0.25, -0.2) is 0 Å². The van der Waals surface area contributed by atoms with Crippen molar-refractivity contribution in [1.82, 2.24) is 0 Å². The van der Waals surface area contributed by atoms with E-state index in [-0.39, 0.29) is 31.1 Å². The monoisotopic (exact) mass is 909 g/mol. The minimum Gasteiger partial charge on any atom is -0.462 e. The van der Waals surface area contributed by atoms with E-state index >= 15 is 0 Å². The van der Waals surface area contributed by atoms with Gasteiger partial charge in [-0.3, -0.25) is 14.4 Å². The van der Waals surface area contributed by atoms with Crippen LogP contribution in [0.2, 0.25) is 0 Å². The molecule has 0 N–H and O–H groups in total. The minimum absolute atomic E-state index is 0.0811. The van der Waals surface area contributed by atoms with Crippen LogP contribution in [0.25, 0.3) is 0 Å². The number of hydrogen-bond acceptors (Lipinski definition) is 6. The summed E-state index contributed by atoms with van der Waals surface area (Å²) in [5, 5.41) is 0. The van der Waals surface area contributed by atoms with Crippen molar-refractivity contribution in [2.75, 3.05) is 13.2 Å². The topological polar surface area (TPSA) is 78.9 Å². The normalized spacial score (nSPS) is 12.5. The van der Waals surface area contributed by atoms with Gasteiger partial charge in [0.2, 0.25) is 0 Å². The highest BCUT2D eigenvalue weighted by atomic mass is 16.6. The molecular weight excluding hydrogens is 805 g/mol. The zero-order valence-corrected chi connectivity index (χ0v) is 43.0. The van der Waals surface area contributed by atoms with E-state index in [1.807, 2.05) is 0 Å². The predicted molar refractivity (Wildman–Crippen MR) is 279 cm³/mol. The van der Waals surface area contributed by atoms with Crippen molar-refractivity contribution >= 4 is 17.9 Å². The molecule has 0 saturated carbocycles. The maximum Gasteiger partial charge on any atom is 0.306 e. The molecule has 0 aromatic heterocycles. The fourth-order valence-electron chi connectivity index (χ4n) is 7.77. The van der Waals surface area contributed by atoms with Crippen LogP contribution in [0, 0.1) is 0 Å². The first-order valence-electron chi connectivity index (χ1n) is 27.8. The standard InChI is InChI=1S/C59H104O6/c1-4-7-10-13-16-19-21-23-25-27-28-29-30-31-32-33-35-36-38-40-43-46-49-52-58(61)64-55-56(54-63-57(60)51-48-45-42-18-15-12-9-6-3)65-59(62)53-50-47-44-41-39-37-34-26-24-22-20-17-14-11-8-5-2/h20-23,26-28,30-31,34,56H,4-19,24-25,29,32-33,35-55H2,1-3H3/b22-20-,23-21-,28-27-,31-30-,34-26-. The first-order valence-corrected chi connectivity index (χ1v) is 27.8. The molecule has 65 heavy (non-hydrogen) atoms. The molecule has 6 nitrogen and oxygen atoms in total. The number of allylic oxidation sites excluding steroid dienone is 10. The number of hydrogen-bond donors (Lipinski definition) is 0. The van der Waals surface area contributed by atoms with Crippen LogP contribution in [-0.2, 0) is 28.6 Å². The van der Waals surface area contributed by atoms with Gasteiger partial charge in [-0.1, -0.05) is 229 Å². The third kappa shape index (κ3) is 51.9.